The predicted octanol–water partition coefficient (Wildman–Crippen LogP) is 2.46. The van der Waals surface area contributed by atoms with Crippen molar-refractivity contribution < 1.29 is 22.6 Å². The molecule has 1 saturated heterocycles. The molecule has 1 unspecified atom stereocenters. The molecule has 94 valence electrons. The van der Waals surface area contributed by atoms with Crippen molar-refractivity contribution in [1.29, 1.82) is 0 Å². The van der Waals surface area contributed by atoms with Gasteiger partial charge in [-0.3, -0.25) is 0 Å². The molecule has 0 bridgehead atoms. The molecule has 1 aliphatic heterocycles. The second-order valence-electron chi connectivity index (χ2n) is 3.85. The summed E-state index contributed by atoms with van der Waals surface area (Å²) in [5, 5.41) is 0. The fourth-order valence-electron chi connectivity index (χ4n) is 1.62. The summed E-state index contributed by atoms with van der Waals surface area (Å²) in [6.45, 7) is 1.05. The number of anilines is 1. The highest BCUT2D eigenvalue weighted by Gasteiger charge is 2.31. The number of halogens is 3. The zero-order valence-corrected chi connectivity index (χ0v) is 8.96. The molecule has 1 fully saturated rings. The van der Waals surface area contributed by atoms with Gasteiger partial charge >= 0.3 is 6.18 Å². The molecule has 2 rings (SSSR count). The van der Waals surface area contributed by atoms with Crippen LogP contribution in [-0.2, 0) is 10.9 Å². The van der Waals surface area contributed by atoms with E-state index in [0.717, 1.165) is 18.6 Å². The highest BCUT2D eigenvalue weighted by Crippen LogP contribution is 2.34. The standard InChI is InChI=1S/C11H12F3NO2/c12-11(13,14)7-1-2-10(9(15)5-7)17-8-3-4-16-6-8/h1-2,5,8H,3-4,6,15H2. The summed E-state index contributed by atoms with van der Waals surface area (Å²) in [4.78, 5) is 0. The molecule has 2 N–H and O–H groups in total. The second kappa shape index (κ2) is 4.44. The van der Waals surface area contributed by atoms with E-state index >= 15 is 0 Å². The Kier molecular flexibility index (Phi) is 3.15. The molecule has 0 aromatic heterocycles. The van der Waals surface area contributed by atoms with E-state index in [9.17, 15) is 13.2 Å². The fourth-order valence-corrected chi connectivity index (χ4v) is 1.62. The summed E-state index contributed by atoms with van der Waals surface area (Å²) in [6, 6.07) is 3.09. The number of nitrogen functional groups attached to an aromatic ring is 1. The topological polar surface area (TPSA) is 44.5 Å². The average molecular weight is 247 g/mol. The third-order valence-corrected chi connectivity index (χ3v) is 2.52. The maximum Gasteiger partial charge on any atom is 0.416 e. The Morgan fingerprint density at radius 2 is 2.12 bits per heavy atom. The van der Waals surface area contributed by atoms with E-state index in [1.54, 1.807) is 0 Å². The third kappa shape index (κ3) is 2.82. The number of hydrogen-bond donors (Lipinski definition) is 1. The van der Waals surface area contributed by atoms with Gasteiger partial charge in [-0.15, -0.1) is 0 Å². The molecule has 1 heterocycles. The molecule has 0 saturated carbocycles. The third-order valence-electron chi connectivity index (χ3n) is 2.52. The minimum Gasteiger partial charge on any atom is -0.486 e. The van der Waals surface area contributed by atoms with Crippen LogP contribution >= 0.6 is 0 Å². The molecule has 1 atom stereocenters. The highest BCUT2D eigenvalue weighted by atomic mass is 19.4. The first-order valence-corrected chi connectivity index (χ1v) is 5.18. The van der Waals surface area contributed by atoms with Crippen LogP contribution in [0.5, 0.6) is 5.75 Å². The molecule has 1 aliphatic rings. The zero-order valence-electron chi connectivity index (χ0n) is 8.96. The maximum atomic E-state index is 12.4. The summed E-state index contributed by atoms with van der Waals surface area (Å²) in [7, 11) is 0. The summed E-state index contributed by atoms with van der Waals surface area (Å²) >= 11 is 0. The fraction of sp³-hybridized carbons (Fsp3) is 0.455. The number of hydrogen-bond acceptors (Lipinski definition) is 3. The van der Waals surface area contributed by atoms with Gasteiger partial charge in [0, 0.05) is 6.42 Å². The van der Waals surface area contributed by atoms with Gasteiger partial charge in [-0.2, -0.15) is 13.2 Å². The lowest BCUT2D eigenvalue weighted by Crippen LogP contribution is -2.17. The van der Waals surface area contributed by atoms with E-state index in [-0.39, 0.29) is 17.5 Å². The molecular formula is C11H12F3NO2. The quantitative estimate of drug-likeness (QED) is 0.816. The molecule has 3 nitrogen and oxygen atoms in total. The molecule has 0 amide bonds. The molecular weight excluding hydrogens is 235 g/mol. The Hall–Kier alpha value is -1.43. The van der Waals surface area contributed by atoms with Crippen molar-refractivity contribution in [2.45, 2.75) is 18.7 Å². The molecule has 1 aromatic rings. The van der Waals surface area contributed by atoms with Gasteiger partial charge in [0.2, 0.25) is 0 Å². The summed E-state index contributed by atoms with van der Waals surface area (Å²) in [6.07, 6.45) is -3.79. The van der Waals surface area contributed by atoms with Crippen LogP contribution in [0.3, 0.4) is 0 Å². The Morgan fingerprint density at radius 1 is 1.35 bits per heavy atom. The van der Waals surface area contributed by atoms with Gasteiger partial charge in [-0.1, -0.05) is 0 Å². The van der Waals surface area contributed by atoms with Crippen molar-refractivity contribution in [2.24, 2.45) is 0 Å². The summed E-state index contributed by atoms with van der Waals surface area (Å²) in [5.74, 6) is 0.272. The largest absolute Gasteiger partial charge is 0.486 e. The van der Waals surface area contributed by atoms with Crippen LogP contribution in [-0.4, -0.2) is 19.3 Å². The lowest BCUT2D eigenvalue weighted by molar-refractivity contribution is -0.137. The van der Waals surface area contributed by atoms with Gasteiger partial charge in [-0.05, 0) is 18.2 Å². The molecule has 0 aliphatic carbocycles. The Balaban J connectivity index is 2.14. The van der Waals surface area contributed by atoms with Gasteiger partial charge in [-0.25, -0.2) is 0 Å². The lowest BCUT2D eigenvalue weighted by atomic mass is 10.2. The van der Waals surface area contributed by atoms with Crippen molar-refractivity contribution in [2.75, 3.05) is 18.9 Å². The maximum absolute atomic E-state index is 12.4. The Labute approximate surface area is 96.3 Å². The van der Waals surface area contributed by atoms with Crippen molar-refractivity contribution >= 4 is 5.69 Å². The second-order valence-corrected chi connectivity index (χ2v) is 3.85. The van der Waals surface area contributed by atoms with Crippen LogP contribution in [0.2, 0.25) is 0 Å². The normalized spacial score (nSPS) is 20.5. The van der Waals surface area contributed by atoms with Crippen molar-refractivity contribution in [3.05, 3.63) is 23.8 Å². The predicted molar refractivity (Wildman–Crippen MR) is 55.7 cm³/mol. The van der Waals surface area contributed by atoms with Crippen molar-refractivity contribution in [3.8, 4) is 5.75 Å². The molecule has 17 heavy (non-hydrogen) atoms. The highest BCUT2D eigenvalue weighted by molar-refractivity contribution is 5.54. The monoisotopic (exact) mass is 247 g/mol. The van der Waals surface area contributed by atoms with Crippen LogP contribution in [0, 0.1) is 0 Å². The van der Waals surface area contributed by atoms with Gasteiger partial charge in [0.05, 0.1) is 24.5 Å². The van der Waals surface area contributed by atoms with Gasteiger partial charge in [0.25, 0.3) is 0 Å². The van der Waals surface area contributed by atoms with E-state index in [1.165, 1.54) is 6.07 Å². The first kappa shape index (κ1) is 12.0. The van der Waals surface area contributed by atoms with Gasteiger partial charge in [0.15, 0.2) is 0 Å². The van der Waals surface area contributed by atoms with E-state index in [4.69, 9.17) is 15.2 Å². The SMILES string of the molecule is Nc1cc(C(F)(F)F)ccc1OC1CCOC1. The van der Waals surface area contributed by atoms with Gasteiger partial charge in [0.1, 0.15) is 11.9 Å². The first-order chi connectivity index (χ1) is 7.97. The Bertz CT molecular complexity index is 400. The van der Waals surface area contributed by atoms with Crippen LogP contribution in [0.15, 0.2) is 18.2 Å². The minimum absolute atomic E-state index is 0.00766. The van der Waals surface area contributed by atoms with Crippen LogP contribution in [0.1, 0.15) is 12.0 Å². The van der Waals surface area contributed by atoms with E-state index in [2.05, 4.69) is 0 Å². The zero-order chi connectivity index (χ0) is 12.5. The average Bonchev–Trinajstić information content (AvgIpc) is 2.72. The van der Waals surface area contributed by atoms with Crippen LogP contribution < -0.4 is 10.5 Å². The van der Waals surface area contributed by atoms with E-state index in [1.807, 2.05) is 0 Å². The number of benzene rings is 1. The van der Waals surface area contributed by atoms with Crippen molar-refractivity contribution in [3.63, 3.8) is 0 Å². The van der Waals surface area contributed by atoms with Gasteiger partial charge < -0.3 is 15.2 Å². The molecule has 0 radical (unpaired) electrons. The number of nitrogens with two attached hydrogens (primary N) is 1. The lowest BCUT2D eigenvalue weighted by Gasteiger charge is -2.15. The van der Waals surface area contributed by atoms with Crippen LogP contribution in [0.4, 0.5) is 18.9 Å². The molecule has 6 heteroatoms. The minimum atomic E-state index is -4.39. The summed E-state index contributed by atoms with van der Waals surface area (Å²) < 4.78 is 47.7. The smallest absolute Gasteiger partial charge is 0.416 e. The first-order valence-electron chi connectivity index (χ1n) is 5.18. The van der Waals surface area contributed by atoms with E-state index < -0.39 is 11.7 Å². The Morgan fingerprint density at radius 3 is 2.65 bits per heavy atom. The summed E-state index contributed by atoms with van der Waals surface area (Å²) in [5.41, 5.74) is 4.75. The van der Waals surface area contributed by atoms with Crippen molar-refractivity contribution in [1.82, 2.24) is 0 Å². The molecule has 1 aromatic carbocycles. The number of ether oxygens (including phenoxy) is 2. The number of alkyl halides is 3. The molecule has 0 spiro atoms. The van der Waals surface area contributed by atoms with E-state index in [0.29, 0.717) is 13.2 Å². The number of rotatable bonds is 2. The van der Waals surface area contributed by atoms with Crippen LogP contribution in [0.25, 0.3) is 0 Å².